The normalized spacial score (nSPS) is 11.6. The lowest BCUT2D eigenvalue weighted by Crippen LogP contribution is -2.29. The van der Waals surface area contributed by atoms with Crippen LogP contribution in [-0.2, 0) is 11.8 Å². The molecule has 2 rings (SSSR count). The highest BCUT2D eigenvalue weighted by Crippen LogP contribution is 2.12. The number of carbonyl (C=O) groups excluding carboxylic acids is 2. The van der Waals surface area contributed by atoms with Gasteiger partial charge in [0, 0.05) is 31.0 Å². The first-order valence-electron chi connectivity index (χ1n) is 6.99. The number of aromatic nitrogens is 2. The van der Waals surface area contributed by atoms with Gasteiger partial charge in [-0.2, -0.15) is 5.10 Å². The second-order valence-corrected chi connectivity index (χ2v) is 4.88. The van der Waals surface area contributed by atoms with Crippen LogP contribution in [0, 0.1) is 0 Å². The summed E-state index contributed by atoms with van der Waals surface area (Å²) in [6.07, 6.45) is 1.87. The van der Waals surface area contributed by atoms with Crippen molar-refractivity contribution in [3.63, 3.8) is 0 Å². The van der Waals surface area contributed by atoms with Gasteiger partial charge in [0.2, 0.25) is 5.91 Å². The van der Waals surface area contributed by atoms with Gasteiger partial charge in [-0.05, 0) is 30.3 Å². The van der Waals surface area contributed by atoms with Gasteiger partial charge >= 0.3 is 0 Å². The molecule has 0 fully saturated rings. The Bertz CT molecular complexity index is 724. The molecule has 1 heterocycles. The number of aryl methyl sites for hydroxylation is 1. The molecule has 23 heavy (non-hydrogen) atoms. The Labute approximate surface area is 133 Å². The number of nitrogens with one attached hydrogen (secondary N) is 2. The molecule has 1 unspecified atom stereocenters. The minimum atomic E-state index is -0.852. The molecule has 120 valence electrons. The van der Waals surface area contributed by atoms with E-state index in [1.165, 1.54) is 0 Å². The highest BCUT2D eigenvalue weighted by Gasteiger charge is 2.14. The van der Waals surface area contributed by atoms with Crippen molar-refractivity contribution >= 4 is 17.5 Å². The predicted molar refractivity (Wildman–Crippen MR) is 85.8 cm³/mol. The van der Waals surface area contributed by atoms with Crippen molar-refractivity contribution in [3.8, 4) is 0 Å². The molecule has 1 aromatic heterocycles. The van der Waals surface area contributed by atoms with Crippen molar-refractivity contribution < 1.29 is 14.7 Å². The number of anilines is 1. The minimum absolute atomic E-state index is 0.0572. The van der Waals surface area contributed by atoms with Crippen LogP contribution in [0.25, 0.3) is 0 Å². The SMILES string of the molecule is C=CC(=O)Nc1cccc(C(=O)NCC(O)c2ccnn2C)c1. The van der Waals surface area contributed by atoms with Gasteiger partial charge in [0.25, 0.3) is 5.91 Å². The quantitative estimate of drug-likeness (QED) is 0.693. The van der Waals surface area contributed by atoms with E-state index in [0.29, 0.717) is 16.9 Å². The summed E-state index contributed by atoms with van der Waals surface area (Å²) in [5.74, 6) is -0.699. The van der Waals surface area contributed by atoms with E-state index < -0.39 is 6.10 Å². The zero-order valence-electron chi connectivity index (χ0n) is 12.7. The van der Waals surface area contributed by atoms with Crippen LogP contribution < -0.4 is 10.6 Å². The fourth-order valence-corrected chi connectivity index (χ4v) is 2.04. The number of carbonyl (C=O) groups is 2. The second kappa shape index (κ2) is 7.37. The van der Waals surface area contributed by atoms with Crippen molar-refractivity contribution in [2.24, 2.45) is 7.05 Å². The van der Waals surface area contributed by atoms with E-state index in [4.69, 9.17) is 0 Å². The average Bonchev–Trinajstić information content (AvgIpc) is 2.98. The molecule has 0 spiro atoms. The molecule has 1 atom stereocenters. The predicted octanol–water partition coefficient (Wildman–Crippen LogP) is 1.01. The molecule has 2 aromatic rings. The Morgan fingerprint density at radius 3 is 2.87 bits per heavy atom. The maximum atomic E-state index is 12.1. The molecule has 1 aromatic carbocycles. The van der Waals surface area contributed by atoms with Gasteiger partial charge in [-0.1, -0.05) is 12.6 Å². The lowest BCUT2D eigenvalue weighted by atomic mass is 10.1. The van der Waals surface area contributed by atoms with Crippen LogP contribution >= 0.6 is 0 Å². The Morgan fingerprint density at radius 2 is 2.22 bits per heavy atom. The smallest absolute Gasteiger partial charge is 0.251 e. The molecule has 0 aliphatic carbocycles. The molecule has 7 heteroatoms. The monoisotopic (exact) mass is 314 g/mol. The summed E-state index contributed by atoms with van der Waals surface area (Å²) >= 11 is 0. The summed E-state index contributed by atoms with van der Waals surface area (Å²) in [6.45, 7) is 3.43. The minimum Gasteiger partial charge on any atom is -0.385 e. The molecular formula is C16H18N4O3. The largest absolute Gasteiger partial charge is 0.385 e. The third-order valence-corrected chi connectivity index (χ3v) is 3.23. The van der Waals surface area contributed by atoms with Gasteiger partial charge in [0.05, 0.1) is 5.69 Å². The third kappa shape index (κ3) is 4.27. The van der Waals surface area contributed by atoms with Gasteiger partial charge < -0.3 is 15.7 Å². The standard InChI is InChI=1S/C16H18N4O3/c1-3-15(22)19-12-6-4-5-11(9-12)16(23)17-10-14(21)13-7-8-18-20(13)2/h3-9,14,21H,1,10H2,2H3,(H,17,23)(H,19,22). The first-order valence-corrected chi connectivity index (χ1v) is 6.99. The van der Waals surface area contributed by atoms with Gasteiger partial charge in [-0.25, -0.2) is 0 Å². The summed E-state index contributed by atoms with van der Waals surface area (Å²) in [7, 11) is 1.71. The Hall–Kier alpha value is -2.93. The van der Waals surface area contributed by atoms with Crippen LogP contribution in [0.4, 0.5) is 5.69 Å². The molecule has 0 aliphatic heterocycles. The van der Waals surface area contributed by atoms with Crippen LogP contribution in [0.3, 0.4) is 0 Å². The Morgan fingerprint density at radius 1 is 1.43 bits per heavy atom. The summed E-state index contributed by atoms with van der Waals surface area (Å²) in [5.41, 5.74) is 1.48. The zero-order chi connectivity index (χ0) is 16.8. The van der Waals surface area contributed by atoms with Crippen molar-refractivity contribution in [3.05, 3.63) is 60.4 Å². The molecule has 0 saturated heterocycles. The first-order chi connectivity index (χ1) is 11.0. The lowest BCUT2D eigenvalue weighted by molar-refractivity contribution is -0.111. The molecule has 0 saturated carbocycles. The van der Waals surface area contributed by atoms with Crippen LogP contribution in [-0.4, -0.2) is 33.2 Å². The molecule has 7 nitrogen and oxygen atoms in total. The van der Waals surface area contributed by atoms with E-state index >= 15 is 0 Å². The highest BCUT2D eigenvalue weighted by atomic mass is 16.3. The van der Waals surface area contributed by atoms with Crippen molar-refractivity contribution in [2.45, 2.75) is 6.10 Å². The fraction of sp³-hybridized carbons (Fsp3) is 0.188. The summed E-state index contributed by atoms with van der Waals surface area (Å²) in [5, 5.41) is 19.2. The molecular weight excluding hydrogens is 296 g/mol. The number of amides is 2. The molecule has 0 bridgehead atoms. The fourth-order valence-electron chi connectivity index (χ4n) is 2.04. The highest BCUT2D eigenvalue weighted by molar-refractivity contribution is 6.00. The number of nitrogens with zero attached hydrogens (tertiary/aromatic N) is 2. The van der Waals surface area contributed by atoms with Crippen molar-refractivity contribution in [2.75, 3.05) is 11.9 Å². The van der Waals surface area contributed by atoms with Crippen LogP contribution in [0.5, 0.6) is 0 Å². The number of aliphatic hydroxyl groups is 1. The Balaban J connectivity index is 1.98. The molecule has 0 radical (unpaired) electrons. The number of hydrogen-bond donors (Lipinski definition) is 3. The van der Waals surface area contributed by atoms with E-state index in [1.807, 2.05) is 0 Å². The van der Waals surface area contributed by atoms with Crippen molar-refractivity contribution in [1.29, 1.82) is 0 Å². The third-order valence-electron chi connectivity index (χ3n) is 3.23. The van der Waals surface area contributed by atoms with E-state index in [1.54, 1.807) is 48.3 Å². The van der Waals surface area contributed by atoms with E-state index in [9.17, 15) is 14.7 Å². The summed E-state index contributed by atoms with van der Waals surface area (Å²) < 4.78 is 1.54. The zero-order valence-corrected chi connectivity index (χ0v) is 12.7. The van der Waals surface area contributed by atoms with Crippen LogP contribution in [0.2, 0.25) is 0 Å². The lowest BCUT2D eigenvalue weighted by Gasteiger charge is -2.12. The van der Waals surface area contributed by atoms with Crippen LogP contribution in [0.1, 0.15) is 22.2 Å². The molecule has 2 amide bonds. The summed E-state index contributed by atoms with van der Waals surface area (Å²) in [4.78, 5) is 23.4. The molecule has 3 N–H and O–H groups in total. The van der Waals surface area contributed by atoms with E-state index in [2.05, 4.69) is 22.3 Å². The Kier molecular flexibility index (Phi) is 5.27. The van der Waals surface area contributed by atoms with E-state index in [0.717, 1.165) is 6.08 Å². The number of benzene rings is 1. The van der Waals surface area contributed by atoms with E-state index in [-0.39, 0.29) is 18.4 Å². The topological polar surface area (TPSA) is 96.2 Å². The maximum Gasteiger partial charge on any atom is 0.251 e. The second-order valence-electron chi connectivity index (χ2n) is 4.88. The number of hydrogen-bond acceptors (Lipinski definition) is 4. The van der Waals surface area contributed by atoms with Crippen molar-refractivity contribution in [1.82, 2.24) is 15.1 Å². The van der Waals surface area contributed by atoms with Gasteiger partial charge in [-0.15, -0.1) is 0 Å². The van der Waals surface area contributed by atoms with Gasteiger partial charge in [-0.3, -0.25) is 14.3 Å². The average molecular weight is 314 g/mol. The van der Waals surface area contributed by atoms with Gasteiger partial charge in [0.1, 0.15) is 6.10 Å². The molecule has 0 aliphatic rings. The van der Waals surface area contributed by atoms with Gasteiger partial charge in [0.15, 0.2) is 0 Å². The first kappa shape index (κ1) is 16.4. The number of rotatable bonds is 6. The maximum absolute atomic E-state index is 12.1. The summed E-state index contributed by atoms with van der Waals surface area (Å²) in [6, 6.07) is 8.18. The van der Waals surface area contributed by atoms with Crippen LogP contribution in [0.15, 0.2) is 49.2 Å². The number of aliphatic hydroxyl groups excluding tert-OH is 1.